The van der Waals surface area contributed by atoms with Gasteiger partial charge in [-0.2, -0.15) is 8.42 Å². The van der Waals surface area contributed by atoms with Crippen molar-refractivity contribution in [1.29, 1.82) is 0 Å². The van der Waals surface area contributed by atoms with E-state index in [0.717, 1.165) is 24.0 Å². The van der Waals surface area contributed by atoms with Crippen molar-refractivity contribution in [2.75, 3.05) is 6.61 Å². The summed E-state index contributed by atoms with van der Waals surface area (Å²) in [5.41, 5.74) is -0.226. The summed E-state index contributed by atoms with van der Waals surface area (Å²) in [6, 6.07) is 6.26. The van der Waals surface area contributed by atoms with Crippen LogP contribution in [0.5, 0.6) is 0 Å². The molecule has 2 unspecified atom stereocenters. The summed E-state index contributed by atoms with van der Waals surface area (Å²) in [5.74, 6) is -1.22. The van der Waals surface area contributed by atoms with E-state index < -0.39 is 45.2 Å². The number of epoxide rings is 1. The summed E-state index contributed by atoms with van der Waals surface area (Å²) in [4.78, 5) is 39.7. The number of Topliss-reactive ketones (excluding diaryl/α,β-unsaturated/α-hetero) is 2. The Balaban J connectivity index is 1.28. The highest BCUT2D eigenvalue weighted by Gasteiger charge is 2.83. The number of aryl methyl sites for hydroxylation is 1. The van der Waals surface area contributed by atoms with Crippen molar-refractivity contribution in [3.63, 3.8) is 0 Å². The van der Waals surface area contributed by atoms with Gasteiger partial charge < -0.3 is 4.74 Å². The summed E-state index contributed by atoms with van der Waals surface area (Å²) in [6.45, 7) is 7.17. The molecule has 1 aromatic rings. The van der Waals surface area contributed by atoms with Gasteiger partial charge in [0.05, 0.1) is 4.90 Å². The molecule has 6 rings (SSSR count). The van der Waals surface area contributed by atoms with Gasteiger partial charge in [-0.15, -0.1) is 0 Å². The van der Waals surface area contributed by atoms with E-state index in [1.807, 2.05) is 26.8 Å². The number of benzene rings is 1. The highest BCUT2D eigenvalue weighted by Crippen LogP contribution is 2.74. The standard InChI is InChI=1S/C29H32O7S/c1-16-5-8-20(9-6-16)37(33,34)35-15-23(31)24-17(2)13-22-21-10-7-18-14-19(30)11-12-27(18,3)29(21)26(36-29)25(32)28(22,24)4/h5-6,8-9,11-12,14,17,21-22,24,26H,7,10,13,15H2,1-4H3/t17-,21?,22?,24-,26+,27+,28+,29-/m1/s1. The molecule has 8 atom stereocenters. The number of fused-ring (bicyclic) bond motifs is 3. The van der Waals surface area contributed by atoms with Crippen LogP contribution in [-0.4, -0.2) is 44.1 Å². The smallest absolute Gasteiger partial charge is 0.297 e. The van der Waals surface area contributed by atoms with Crippen molar-refractivity contribution in [3.8, 4) is 0 Å². The Morgan fingerprint density at radius 2 is 1.84 bits per heavy atom. The lowest BCUT2D eigenvalue weighted by atomic mass is 9.47. The summed E-state index contributed by atoms with van der Waals surface area (Å²) in [5, 5.41) is 0. The van der Waals surface area contributed by atoms with Crippen molar-refractivity contribution in [3.05, 3.63) is 53.6 Å². The van der Waals surface area contributed by atoms with E-state index in [1.165, 1.54) is 12.1 Å². The molecule has 4 fully saturated rings. The van der Waals surface area contributed by atoms with E-state index in [4.69, 9.17) is 8.92 Å². The SMILES string of the molecule is Cc1ccc(S(=O)(=O)OCC(=O)[C@H]2[C@H](C)CC3C4CCC5=CC(=O)C=C[C@]5(C)[C@@]45O[C@H]5C(=O)[C@@]32C)cc1. The molecule has 3 saturated carbocycles. The van der Waals surface area contributed by atoms with Gasteiger partial charge in [-0.05, 0) is 75.1 Å². The number of allylic oxidation sites excluding steroid dienone is 2. The number of ether oxygens (including phenoxy) is 1. The highest BCUT2D eigenvalue weighted by atomic mass is 32.2. The summed E-state index contributed by atoms with van der Waals surface area (Å²) < 4.78 is 37.0. The Bertz CT molecular complexity index is 1390. The molecule has 0 amide bonds. The Morgan fingerprint density at radius 1 is 1.14 bits per heavy atom. The van der Waals surface area contributed by atoms with E-state index in [9.17, 15) is 22.8 Å². The monoisotopic (exact) mass is 524 g/mol. The minimum absolute atomic E-state index is 0.00214. The first-order chi connectivity index (χ1) is 17.4. The minimum atomic E-state index is -4.10. The quantitative estimate of drug-likeness (QED) is 0.426. The minimum Gasteiger partial charge on any atom is -0.356 e. The molecule has 0 aromatic heterocycles. The first kappa shape index (κ1) is 24.9. The fourth-order valence-electron chi connectivity index (χ4n) is 8.39. The largest absolute Gasteiger partial charge is 0.356 e. The topological polar surface area (TPSA) is 107 Å². The molecular formula is C29H32O7S. The van der Waals surface area contributed by atoms with E-state index in [2.05, 4.69) is 6.92 Å². The maximum Gasteiger partial charge on any atom is 0.297 e. The third-order valence-electron chi connectivity index (χ3n) is 10.2. The molecule has 37 heavy (non-hydrogen) atoms. The third kappa shape index (κ3) is 3.18. The van der Waals surface area contributed by atoms with Crippen LogP contribution in [0.3, 0.4) is 0 Å². The number of ketones is 3. The summed E-state index contributed by atoms with van der Waals surface area (Å²) >= 11 is 0. The second-order valence-electron chi connectivity index (χ2n) is 12.0. The van der Waals surface area contributed by atoms with Crippen LogP contribution in [0.15, 0.2) is 53.0 Å². The van der Waals surface area contributed by atoms with Crippen LogP contribution in [0.1, 0.15) is 45.6 Å². The Hall–Kier alpha value is -2.42. The maximum atomic E-state index is 14.1. The number of hydrogen-bond acceptors (Lipinski definition) is 7. The molecule has 1 aliphatic heterocycles. The van der Waals surface area contributed by atoms with Crippen molar-refractivity contribution in [2.45, 2.75) is 63.6 Å². The van der Waals surface area contributed by atoms with E-state index in [0.29, 0.717) is 6.42 Å². The van der Waals surface area contributed by atoms with Crippen LogP contribution >= 0.6 is 0 Å². The van der Waals surface area contributed by atoms with Gasteiger partial charge in [0.2, 0.25) is 0 Å². The molecule has 1 aromatic carbocycles. The first-order valence-corrected chi connectivity index (χ1v) is 14.4. The average molecular weight is 525 g/mol. The molecule has 196 valence electrons. The molecule has 1 saturated heterocycles. The second-order valence-corrected chi connectivity index (χ2v) is 13.6. The van der Waals surface area contributed by atoms with Crippen molar-refractivity contribution in [1.82, 2.24) is 0 Å². The Labute approximate surface area is 217 Å². The van der Waals surface area contributed by atoms with Crippen LogP contribution in [0, 0.1) is 41.4 Å². The molecule has 5 aliphatic rings. The molecular weight excluding hydrogens is 492 g/mol. The van der Waals surface area contributed by atoms with Crippen LogP contribution in [0.2, 0.25) is 0 Å². The van der Waals surface area contributed by atoms with Gasteiger partial charge >= 0.3 is 0 Å². The zero-order valence-corrected chi connectivity index (χ0v) is 22.3. The molecule has 0 bridgehead atoms. The Kier molecular flexibility index (Phi) is 5.25. The zero-order chi connectivity index (χ0) is 26.5. The van der Waals surface area contributed by atoms with Crippen LogP contribution in [-0.2, 0) is 33.4 Å². The van der Waals surface area contributed by atoms with E-state index in [-0.39, 0.29) is 40.0 Å². The number of carbonyl (C=O) groups excluding carboxylic acids is 3. The fourth-order valence-corrected chi connectivity index (χ4v) is 9.27. The molecule has 7 nitrogen and oxygen atoms in total. The fraction of sp³-hybridized carbons (Fsp3) is 0.552. The van der Waals surface area contributed by atoms with Gasteiger partial charge in [0.15, 0.2) is 17.3 Å². The third-order valence-corrected chi connectivity index (χ3v) is 11.5. The average Bonchev–Trinajstić information content (AvgIpc) is 3.53. The molecule has 8 heteroatoms. The predicted molar refractivity (Wildman–Crippen MR) is 134 cm³/mol. The van der Waals surface area contributed by atoms with Crippen LogP contribution in [0.25, 0.3) is 0 Å². The lowest BCUT2D eigenvalue weighted by Crippen LogP contribution is -2.61. The normalized spacial score (nSPS) is 41.8. The lowest BCUT2D eigenvalue weighted by molar-refractivity contribution is -0.146. The highest BCUT2D eigenvalue weighted by molar-refractivity contribution is 7.86. The van der Waals surface area contributed by atoms with Crippen molar-refractivity contribution >= 4 is 27.5 Å². The lowest BCUT2D eigenvalue weighted by Gasteiger charge is -2.53. The van der Waals surface area contributed by atoms with Gasteiger partial charge in [-0.25, -0.2) is 0 Å². The first-order valence-electron chi connectivity index (χ1n) is 13.0. The summed E-state index contributed by atoms with van der Waals surface area (Å²) in [7, 11) is -4.10. The zero-order valence-electron chi connectivity index (χ0n) is 21.5. The summed E-state index contributed by atoms with van der Waals surface area (Å²) in [6.07, 6.45) is 6.77. The Morgan fingerprint density at radius 3 is 2.54 bits per heavy atom. The van der Waals surface area contributed by atoms with Crippen molar-refractivity contribution in [2.24, 2.45) is 34.5 Å². The van der Waals surface area contributed by atoms with Gasteiger partial charge in [0.1, 0.15) is 18.3 Å². The second kappa shape index (κ2) is 7.80. The number of carbonyl (C=O) groups is 3. The van der Waals surface area contributed by atoms with Gasteiger partial charge in [0, 0.05) is 16.7 Å². The van der Waals surface area contributed by atoms with Gasteiger partial charge in [-0.1, -0.05) is 43.2 Å². The molecule has 1 heterocycles. The van der Waals surface area contributed by atoms with E-state index >= 15 is 0 Å². The molecule has 1 spiro atoms. The van der Waals surface area contributed by atoms with Crippen LogP contribution in [0.4, 0.5) is 0 Å². The molecule has 0 radical (unpaired) electrons. The molecule has 4 aliphatic carbocycles. The maximum absolute atomic E-state index is 14.1. The van der Waals surface area contributed by atoms with Crippen molar-refractivity contribution < 1.29 is 31.7 Å². The number of rotatable bonds is 5. The van der Waals surface area contributed by atoms with E-state index in [1.54, 1.807) is 24.3 Å². The van der Waals surface area contributed by atoms with Crippen LogP contribution < -0.4 is 0 Å². The van der Waals surface area contributed by atoms with Gasteiger partial charge in [0.25, 0.3) is 10.1 Å². The number of hydrogen-bond donors (Lipinski definition) is 0. The molecule has 0 N–H and O–H groups in total. The predicted octanol–water partition coefficient (Wildman–Crippen LogP) is 3.75. The van der Waals surface area contributed by atoms with Gasteiger partial charge in [-0.3, -0.25) is 18.6 Å².